The number of rotatable bonds is 5. The zero-order valence-corrected chi connectivity index (χ0v) is 18.2. The molecule has 0 aromatic heterocycles. The summed E-state index contributed by atoms with van der Waals surface area (Å²) in [6, 6.07) is 10.3. The fraction of sp³-hybridized carbons (Fsp3) is 0.731. The van der Waals surface area contributed by atoms with E-state index in [0.29, 0.717) is 23.7 Å². The van der Waals surface area contributed by atoms with Gasteiger partial charge in [0.1, 0.15) is 0 Å². The summed E-state index contributed by atoms with van der Waals surface area (Å²) in [6.07, 6.45) is 11.3. The summed E-state index contributed by atoms with van der Waals surface area (Å²) in [5.41, 5.74) is 3.00. The van der Waals surface area contributed by atoms with Gasteiger partial charge in [0.05, 0.1) is 0 Å². The molecule has 3 nitrogen and oxygen atoms in total. The van der Waals surface area contributed by atoms with Gasteiger partial charge in [-0.15, -0.1) is 0 Å². The van der Waals surface area contributed by atoms with Crippen LogP contribution >= 0.6 is 0 Å². The van der Waals surface area contributed by atoms with Crippen molar-refractivity contribution < 1.29 is 4.79 Å². The summed E-state index contributed by atoms with van der Waals surface area (Å²) in [6.45, 7) is 6.89. The van der Waals surface area contributed by atoms with E-state index in [1.54, 1.807) is 0 Å². The Labute approximate surface area is 176 Å². The number of nitrogens with zero attached hydrogens (tertiary/aromatic N) is 2. The molecule has 3 heteroatoms. The van der Waals surface area contributed by atoms with E-state index in [1.807, 2.05) is 0 Å². The monoisotopic (exact) mass is 394 g/mol. The van der Waals surface area contributed by atoms with Crippen LogP contribution in [-0.4, -0.2) is 47.9 Å². The average Bonchev–Trinajstić information content (AvgIpc) is 3.51. The van der Waals surface area contributed by atoms with Gasteiger partial charge in [-0.2, -0.15) is 0 Å². The lowest BCUT2D eigenvalue weighted by atomic mass is 9.86. The first kappa shape index (κ1) is 19.6. The van der Waals surface area contributed by atoms with E-state index in [4.69, 9.17) is 0 Å². The number of fused-ring (bicyclic) bond motifs is 1. The van der Waals surface area contributed by atoms with Gasteiger partial charge in [-0.25, -0.2) is 0 Å². The largest absolute Gasteiger partial charge is 0.342 e. The van der Waals surface area contributed by atoms with Crippen LogP contribution in [0, 0.1) is 17.8 Å². The normalized spacial score (nSPS) is 32.9. The maximum absolute atomic E-state index is 12.9. The number of hydrogen-bond acceptors (Lipinski definition) is 2. The molecule has 158 valence electrons. The first-order valence-electron chi connectivity index (χ1n) is 12.3. The Hall–Kier alpha value is -1.35. The molecule has 4 unspecified atom stereocenters. The number of amides is 1. The highest BCUT2D eigenvalue weighted by molar-refractivity contribution is 5.79. The van der Waals surface area contributed by atoms with E-state index in [2.05, 4.69) is 41.0 Å². The van der Waals surface area contributed by atoms with Gasteiger partial charge in [-0.1, -0.05) is 37.1 Å². The quantitative estimate of drug-likeness (QED) is 0.712. The van der Waals surface area contributed by atoms with Crippen molar-refractivity contribution in [3.8, 4) is 0 Å². The molecule has 1 aromatic carbocycles. The highest BCUT2D eigenvalue weighted by Crippen LogP contribution is 2.48. The third-order valence-electron chi connectivity index (χ3n) is 8.66. The van der Waals surface area contributed by atoms with Crippen molar-refractivity contribution in [2.75, 3.05) is 26.2 Å². The molecule has 2 saturated carbocycles. The predicted octanol–water partition coefficient (Wildman–Crippen LogP) is 4.86. The fourth-order valence-corrected chi connectivity index (χ4v) is 6.82. The molecule has 2 aliphatic heterocycles. The first-order chi connectivity index (χ1) is 14.2. The minimum Gasteiger partial charge on any atom is -0.342 e. The van der Waals surface area contributed by atoms with Crippen LogP contribution in [-0.2, 0) is 11.2 Å². The molecule has 4 atom stereocenters. The number of hydrogen-bond donors (Lipinski definition) is 0. The smallest absolute Gasteiger partial charge is 0.225 e. The van der Waals surface area contributed by atoms with Crippen molar-refractivity contribution in [2.24, 2.45) is 17.8 Å². The summed E-state index contributed by atoms with van der Waals surface area (Å²) in [5.74, 6) is 2.90. The molecule has 4 aliphatic rings. The third kappa shape index (κ3) is 4.00. The van der Waals surface area contributed by atoms with Gasteiger partial charge in [-0.3, -0.25) is 4.79 Å². The van der Waals surface area contributed by atoms with Gasteiger partial charge in [-0.05, 0) is 87.3 Å². The van der Waals surface area contributed by atoms with Crippen molar-refractivity contribution in [3.63, 3.8) is 0 Å². The van der Waals surface area contributed by atoms with Crippen LogP contribution in [0.1, 0.15) is 75.3 Å². The number of likely N-dealkylation sites (tertiary alicyclic amines) is 2. The molecule has 0 bridgehead atoms. The Kier molecular flexibility index (Phi) is 5.69. The molecular weight excluding hydrogens is 356 g/mol. The van der Waals surface area contributed by atoms with E-state index < -0.39 is 0 Å². The van der Waals surface area contributed by atoms with Gasteiger partial charge < -0.3 is 9.80 Å². The first-order valence-corrected chi connectivity index (χ1v) is 12.3. The zero-order chi connectivity index (χ0) is 19.8. The van der Waals surface area contributed by atoms with Gasteiger partial charge in [0, 0.05) is 31.6 Å². The summed E-state index contributed by atoms with van der Waals surface area (Å²) in [5, 5.41) is 0. The molecule has 4 fully saturated rings. The lowest BCUT2D eigenvalue weighted by Crippen LogP contribution is -2.34. The second kappa shape index (κ2) is 8.41. The SMILES string of the molecule is CC1CCCN1CCc1ccc(C2CCC3CN(C(=O)C4CCCC4)CC32)cc1. The van der Waals surface area contributed by atoms with Crippen LogP contribution in [0.5, 0.6) is 0 Å². The maximum Gasteiger partial charge on any atom is 0.225 e. The lowest BCUT2D eigenvalue weighted by molar-refractivity contribution is -0.134. The molecular formula is C26H38N2O. The van der Waals surface area contributed by atoms with E-state index >= 15 is 0 Å². The highest BCUT2D eigenvalue weighted by Gasteiger charge is 2.45. The molecule has 1 aromatic rings. The Bertz CT molecular complexity index is 708. The Morgan fingerprint density at radius 2 is 1.76 bits per heavy atom. The van der Waals surface area contributed by atoms with E-state index in [0.717, 1.165) is 37.9 Å². The van der Waals surface area contributed by atoms with Crippen molar-refractivity contribution in [3.05, 3.63) is 35.4 Å². The Balaban J connectivity index is 1.18. The average molecular weight is 395 g/mol. The van der Waals surface area contributed by atoms with E-state index in [9.17, 15) is 4.79 Å². The number of carbonyl (C=O) groups excluding carboxylic acids is 1. The van der Waals surface area contributed by atoms with Crippen molar-refractivity contribution in [2.45, 2.75) is 76.7 Å². The topological polar surface area (TPSA) is 23.6 Å². The summed E-state index contributed by atoms with van der Waals surface area (Å²) in [7, 11) is 0. The van der Waals surface area contributed by atoms with Gasteiger partial charge in [0.2, 0.25) is 5.91 Å². The van der Waals surface area contributed by atoms with Crippen molar-refractivity contribution >= 4 is 5.91 Å². The predicted molar refractivity (Wildman–Crippen MR) is 118 cm³/mol. The van der Waals surface area contributed by atoms with Crippen LogP contribution in [0.15, 0.2) is 24.3 Å². The van der Waals surface area contributed by atoms with Gasteiger partial charge in [0.15, 0.2) is 0 Å². The summed E-state index contributed by atoms with van der Waals surface area (Å²) in [4.78, 5) is 17.8. The molecule has 2 heterocycles. The third-order valence-corrected chi connectivity index (χ3v) is 8.66. The van der Waals surface area contributed by atoms with E-state index in [-0.39, 0.29) is 0 Å². The maximum atomic E-state index is 12.9. The van der Waals surface area contributed by atoms with Gasteiger partial charge in [0.25, 0.3) is 0 Å². The van der Waals surface area contributed by atoms with E-state index in [1.165, 1.54) is 69.2 Å². The second-order valence-electron chi connectivity index (χ2n) is 10.4. The Morgan fingerprint density at radius 3 is 2.48 bits per heavy atom. The van der Waals surface area contributed by atoms with Gasteiger partial charge >= 0.3 is 0 Å². The molecule has 0 spiro atoms. The number of carbonyl (C=O) groups is 1. The molecule has 0 radical (unpaired) electrons. The van der Waals surface area contributed by atoms with Crippen LogP contribution < -0.4 is 0 Å². The molecule has 0 N–H and O–H groups in total. The van der Waals surface area contributed by atoms with Crippen molar-refractivity contribution in [1.82, 2.24) is 9.80 Å². The minimum absolute atomic E-state index is 0.338. The van der Waals surface area contributed by atoms with Crippen LogP contribution in [0.25, 0.3) is 0 Å². The Morgan fingerprint density at radius 1 is 0.966 bits per heavy atom. The molecule has 2 saturated heterocycles. The van der Waals surface area contributed by atoms with Crippen LogP contribution in [0.2, 0.25) is 0 Å². The zero-order valence-electron chi connectivity index (χ0n) is 18.2. The lowest BCUT2D eigenvalue weighted by Gasteiger charge is -2.24. The summed E-state index contributed by atoms with van der Waals surface area (Å²) < 4.78 is 0. The van der Waals surface area contributed by atoms with Crippen LogP contribution in [0.4, 0.5) is 0 Å². The number of benzene rings is 1. The van der Waals surface area contributed by atoms with Crippen molar-refractivity contribution in [1.29, 1.82) is 0 Å². The molecule has 5 rings (SSSR count). The molecule has 1 amide bonds. The summed E-state index contributed by atoms with van der Waals surface area (Å²) >= 11 is 0. The van der Waals surface area contributed by atoms with Crippen LogP contribution in [0.3, 0.4) is 0 Å². The fourth-order valence-electron chi connectivity index (χ4n) is 6.82. The minimum atomic E-state index is 0.338. The second-order valence-corrected chi connectivity index (χ2v) is 10.4. The standard InChI is InChI=1S/C26H38N2O/c1-19-5-4-15-27(19)16-14-20-8-10-21(11-9-20)24-13-12-23-17-28(18-25(23)24)26(29)22-6-2-3-7-22/h8-11,19,22-25H,2-7,12-18H2,1H3. The molecule has 2 aliphatic carbocycles. The highest BCUT2D eigenvalue weighted by atomic mass is 16.2. The molecule has 29 heavy (non-hydrogen) atoms.